The lowest BCUT2D eigenvalue weighted by atomic mass is 9.88. The summed E-state index contributed by atoms with van der Waals surface area (Å²) in [5.74, 6) is -0.253. The molecule has 0 fully saturated rings. The van der Waals surface area contributed by atoms with Crippen molar-refractivity contribution in [1.82, 2.24) is 10.4 Å². The fourth-order valence-electron chi connectivity index (χ4n) is 3.49. The van der Waals surface area contributed by atoms with Gasteiger partial charge in [-0.05, 0) is 63.1 Å². The number of hydrazone groups is 1. The van der Waals surface area contributed by atoms with Crippen molar-refractivity contribution in [3.8, 4) is 0 Å². The van der Waals surface area contributed by atoms with Gasteiger partial charge in [-0.1, -0.05) is 12.1 Å². The van der Waals surface area contributed by atoms with Crippen LogP contribution in [-0.4, -0.2) is 29.2 Å². The van der Waals surface area contributed by atoms with Crippen LogP contribution < -0.4 is 10.3 Å². The second-order valence-corrected chi connectivity index (χ2v) is 6.94. The van der Waals surface area contributed by atoms with Crippen LogP contribution in [0.25, 0.3) is 5.57 Å². The number of hydrogen-bond donors (Lipinski definition) is 1. The zero-order valence-electron chi connectivity index (χ0n) is 15.7. The Morgan fingerprint density at radius 2 is 2.00 bits per heavy atom. The number of carbonyl (C=O) groups excluding carboxylic acids is 1. The maximum atomic E-state index is 12.0. The summed E-state index contributed by atoms with van der Waals surface area (Å²) in [6.45, 7) is 9.71. The molecule has 0 spiro atoms. The highest BCUT2D eigenvalue weighted by Gasteiger charge is 2.29. The molecule has 0 aliphatic carbocycles. The topological polar surface area (TPSA) is 57.6 Å². The van der Waals surface area contributed by atoms with Gasteiger partial charge in [-0.15, -0.1) is 0 Å². The van der Waals surface area contributed by atoms with Crippen LogP contribution in [0, 0.1) is 0 Å². The minimum absolute atomic E-state index is 0.0000449. The lowest BCUT2D eigenvalue weighted by Gasteiger charge is -2.42. The quantitative estimate of drug-likeness (QED) is 0.674. The van der Waals surface area contributed by atoms with Gasteiger partial charge in [0, 0.05) is 35.8 Å². The summed E-state index contributed by atoms with van der Waals surface area (Å²) in [7, 11) is 0. The number of pyridine rings is 1. The second-order valence-electron chi connectivity index (χ2n) is 6.94. The molecule has 3 rings (SSSR count). The van der Waals surface area contributed by atoms with E-state index < -0.39 is 0 Å². The van der Waals surface area contributed by atoms with Crippen LogP contribution in [0.2, 0.25) is 0 Å². The minimum Gasteiger partial charge on any atom is -0.363 e. The molecular formula is C21H24N4O. The molecule has 1 N–H and O–H groups in total. The summed E-state index contributed by atoms with van der Waals surface area (Å²) in [5, 5.41) is 4.08. The van der Waals surface area contributed by atoms with Crippen molar-refractivity contribution < 1.29 is 4.79 Å². The van der Waals surface area contributed by atoms with Crippen molar-refractivity contribution in [2.75, 3.05) is 11.4 Å². The lowest BCUT2D eigenvalue weighted by molar-refractivity contribution is 0.0955. The SMILES string of the molecule is CCN1c2ccc(/C=N/NC(=O)c3ccncc3)cc2C(C)=CC1(C)C. The van der Waals surface area contributed by atoms with E-state index in [1.165, 1.54) is 16.8 Å². The average Bonchev–Trinajstić information content (AvgIpc) is 2.62. The number of rotatable bonds is 4. The van der Waals surface area contributed by atoms with Gasteiger partial charge < -0.3 is 4.90 Å². The summed E-state index contributed by atoms with van der Waals surface area (Å²) >= 11 is 0. The molecule has 0 atom stereocenters. The van der Waals surface area contributed by atoms with Crippen LogP contribution in [0.5, 0.6) is 0 Å². The van der Waals surface area contributed by atoms with E-state index in [9.17, 15) is 4.79 Å². The van der Waals surface area contributed by atoms with E-state index in [0.717, 1.165) is 12.1 Å². The first-order valence-electron chi connectivity index (χ1n) is 8.77. The molecule has 5 nitrogen and oxygen atoms in total. The van der Waals surface area contributed by atoms with Crippen molar-refractivity contribution in [2.24, 2.45) is 5.10 Å². The largest absolute Gasteiger partial charge is 0.363 e. The van der Waals surface area contributed by atoms with E-state index in [1.54, 1.807) is 30.7 Å². The Morgan fingerprint density at radius 1 is 1.27 bits per heavy atom. The third kappa shape index (κ3) is 3.52. The molecule has 1 amide bonds. The average molecular weight is 348 g/mol. The molecule has 0 unspecified atom stereocenters. The molecule has 0 saturated carbocycles. The van der Waals surface area contributed by atoms with E-state index in [2.05, 4.69) is 66.3 Å². The molecule has 1 aliphatic heterocycles. The summed E-state index contributed by atoms with van der Waals surface area (Å²) in [4.78, 5) is 18.3. The molecular weight excluding hydrogens is 324 g/mol. The van der Waals surface area contributed by atoms with Gasteiger partial charge in [0.25, 0.3) is 5.91 Å². The third-order valence-electron chi connectivity index (χ3n) is 4.64. The van der Waals surface area contributed by atoms with Gasteiger partial charge in [0.1, 0.15) is 0 Å². The standard InChI is InChI=1S/C21H24N4O/c1-5-25-19-7-6-16(12-18(19)15(2)13-21(25,3)4)14-23-24-20(26)17-8-10-22-11-9-17/h6-14H,5H2,1-4H3,(H,24,26)/b23-14+. The number of amides is 1. The molecule has 2 aromatic rings. The van der Waals surface area contributed by atoms with Gasteiger partial charge >= 0.3 is 0 Å². The molecule has 2 heterocycles. The number of fused-ring (bicyclic) bond motifs is 1. The third-order valence-corrected chi connectivity index (χ3v) is 4.64. The highest BCUT2D eigenvalue weighted by atomic mass is 16.2. The normalized spacial score (nSPS) is 15.5. The first-order chi connectivity index (χ1) is 12.4. The Balaban J connectivity index is 1.79. The van der Waals surface area contributed by atoms with Crippen LogP contribution in [0.15, 0.2) is 53.9 Å². The predicted molar refractivity (Wildman–Crippen MR) is 106 cm³/mol. The summed E-state index contributed by atoms with van der Waals surface area (Å²) in [6.07, 6.45) is 7.13. The van der Waals surface area contributed by atoms with E-state index in [1.807, 2.05) is 6.07 Å². The molecule has 1 aromatic carbocycles. The molecule has 0 radical (unpaired) electrons. The highest BCUT2D eigenvalue weighted by molar-refractivity contribution is 5.95. The van der Waals surface area contributed by atoms with Gasteiger partial charge in [-0.25, -0.2) is 5.43 Å². The number of anilines is 1. The molecule has 1 aliphatic rings. The lowest BCUT2D eigenvalue weighted by Crippen LogP contribution is -2.44. The first-order valence-corrected chi connectivity index (χ1v) is 8.77. The number of likely N-dealkylation sites (N-methyl/N-ethyl adjacent to an activating group) is 1. The number of allylic oxidation sites excluding steroid dienone is 1. The Bertz CT molecular complexity index is 869. The molecule has 26 heavy (non-hydrogen) atoms. The van der Waals surface area contributed by atoms with Gasteiger partial charge in [0.2, 0.25) is 0 Å². The van der Waals surface area contributed by atoms with Crippen molar-refractivity contribution in [3.63, 3.8) is 0 Å². The van der Waals surface area contributed by atoms with Crippen LogP contribution in [-0.2, 0) is 0 Å². The monoisotopic (exact) mass is 348 g/mol. The van der Waals surface area contributed by atoms with Crippen molar-refractivity contribution in [2.45, 2.75) is 33.2 Å². The maximum Gasteiger partial charge on any atom is 0.271 e. The van der Waals surface area contributed by atoms with Gasteiger partial charge in [0.05, 0.1) is 11.8 Å². The van der Waals surface area contributed by atoms with E-state index in [-0.39, 0.29) is 11.4 Å². The van der Waals surface area contributed by atoms with Gasteiger partial charge in [0.15, 0.2) is 0 Å². The van der Waals surface area contributed by atoms with Crippen LogP contribution in [0.4, 0.5) is 5.69 Å². The molecule has 5 heteroatoms. The number of aromatic nitrogens is 1. The Morgan fingerprint density at radius 3 is 2.69 bits per heavy atom. The molecule has 0 bridgehead atoms. The van der Waals surface area contributed by atoms with Gasteiger partial charge in [-0.2, -0.15) is 5.10 Å². The maximum absolute atomic E-state index is 12.0. The Hall–Kier alpha value is -2.95. The second kappa shape index (κ2) is 7.12. The fourth-order valence-corrected chi connectivity index (χ4v) is 3.49. The number of benzene rings is 1. The molecule has 134 valence electrons. The van der Waals surface area contributed by atoms with Crippen molar-refractivity contribution in [1.29, 1.82) is 0 Å². The number of hydrogen-bond acceptors (Lipinski definition) is 4. The van der Waals surface area contributed by atoms with Crippen LogP contribution in [0.3, 0.4) is 0 Å². The van der Waals surface area contributed by atoms with Crippen molar-refractivity contribution in [3.05, 3.63) is 65.5 Å². The smallest absolute Gasteiger partial charge is 0.271 e. The summed E-state index contributed by atoms with van der Waals surface area (Å²) < 4.78 is 0. The summed E-state index contributed by atoms with van der Waals surface area (Å²) in [5.41, 5.74) is 7.72. The van der Waals surface area contributed by atoms with E-state index in [4.69, 9.17) is 0 Å². The molecule has 1 aromatic heterocycles. The number of carbonyl (C=O) groups is 1. The molecule has 0 saturated heterocycles. The van der Waals surface area contributed by atoms with Crippen molar-refractivity contribution >= 4 is 23.4 Å². The Labute approximate surface area is 154 Å². The zero-order chi connectivity index (χ0) is 18.7. The minimum atomic E-state index is -0.253. The highest BCUT2D eigenvalue weighted by Crippen LogP contribution is 2.38. The fraction of sp³-hybridized carbons (Fsp3) is 0.286. The predicted octanol–water partition coefficient (Wildman–Crippen LogP) is 3.87. The number of nitrogens with one attached hydrogen (secondary N) is 1. The van der Waals surface area contributed by atoms with Crippen LogP contribution in [0.1, 0.15) is 49.2 Å². The van der Waals surface area contributed by atoms with Crippen LogP contribution >= 0.6 is 0 Å². The first kappa shape index (κ1) is 17.9. The van der Waals surface area contributed by atoms with E-state index in [0.29, 0.717) is 5.56 Å². The zero-order valence-corrected chi connectivity index (χ0v) is 15.7. The summed E-state index contributed by atoms with van der Waals surface area (Å²) in [6, 6.07) is 9.57. The Kier molecular flexibility index (Phi) is 4.89. The van der Waals surface area contributed by atoms with E-state index >= 15 is 0 Å². The number of nitrogens with zero attached hydrogens (tertiary/aromatic N) is 3. The van der Waals surface area contributed by atoms with Gasteiger partial charge in [-0.3, -0.25) is 9.78 Å².